The predicted molar refractivity (Wildman–Crippen MR) is 120 cm³/mol. The van der Waals surface area contributed by atoms with Crippen LogP contribution in [0.25, 0.3) is 10.9 Å². The molecule has 0 spiro atoms. The standard InChI is InChI=1S/C23H27N3O7/c1-30-18-11-17(23(29)33-4)26-21-15(18)8-6-13-5-7-14(25-20(13)21)12-24-16(22(28)32-3)9-10-19(27)31-2/h6,8,11,16,24H,5,7,9-10,12H2,1-4H3. The number of nitrogens with one attached hydrogen (secondary N) is 1. The highest BCUT2D eigenvalue weighted by Crippen LogP contribution is 2.37. The minimum absolute atomic E-state index is 0.0865. The third-order valence-corrected chi connectivity index (χ3v) is 5.47. The van der Waals surface area contributed by atoms with Crippen molar-refractivity contribution in [1.82, 2.24) is 10.3 Å². The molecule has 1 unspecified atom stereocenters. The summed E-state index contributed by atoms with van der Waals surface area (Å²) in [4.78, 5) is 45.0. The van der Waals surface area contributed by atoms with Crippen LogP contribution in [0.2, 0.25) is 0 Å². The number of carbonyl (C=O) groups excluding carboxylic acids is 3. The predicted octanol–water partition coefficient (Wildman–Crippen LogP) is 2.13. The van der Waals surface area contributed by atoms with Crippen molar-refractivity contribution >= 4 is 40.2 Å². The van der Waals surface area contributed by atoms with E-state index in [1.165, 1.54) is 34.5 Å². The molecule has 0 amide bonds. The van der Waals surface area contributed by atoms with Gasteiger partial charge in [-0.1, -0.05) is 6.07 Å². The van der Waals surface area contributed by atoms with Gasteiger partial charge in [-0.2, -0.15) is 0 Å². The molecular weight excluding hydrogens is 430 g/mol. The van der Waals surface area contributed by atoms with E-state index in [1.807, 2.05) is 12.1 Å². The molecule has 176 valence electrons. The maximum atomic E-state index is 12.1. The van der Waals surface area contributed by atoms with Crippen LogP contribution >= 0.6 is 0 Å². The van der Waals surface area contributed by atoms with E-state index >= 15 is 0 Å². The van der Waals surface area contributed by atoms with E-state index in [0.717, 1.165) is 23.1 Å². The summed E-state index contributed by atoms with van der Waals surface area (Å²) in [5.74, 6) is -0.934. The lowest BCUT2D eigenvalue weighted by molar-refractivity contribution is -0.144. The van der Waals surface area contributed by atoms with Crippen LogP contribution in [-0.4, -0.2) is 69.6 Å². The molecule has 2 heterocycles. The Bertz CT molecular complexity index is 1100. The summed E-state index contributed by atoms with van der Waals surface area (Å²) in [5, 5.41) is 3.86. The van der Waals surface area contributed by atoms with Gasteiger partial charge in [0, 0.05) is 30.1 Å². The molecule has 1 aromatic carbocycles. The molecule has 0 radical (unpaired) electrons. The monoisotopic (exact) mass is 457 g/mol. The zero-order chi connectivity index (χ0) is 24.0. The van der Waals surface area contributed by atoms with E-state index in [4.69, 9.17) is 19.2 Å². The van der Waals surface area contributed by atoms with Crippen molar-refractivity contribution in [2.24, 2.45) is 4.99 Å². The lowest BCUT2D eigenvalue weighted by Crippen LogP contribution is -2.41. The molecule has 0 saturated carbocycles. The van der Waals surface area contributed by atoms with Gasteiger partial charge in [0.1, 0.15) is 17.3 Å². The van der Waals surface area contributed by atoms with Crippen molar-refractivity contribution in [3.8, 4) is 5.75 Å². The van der Waals surface area contributed by atoms with E-state index in [0.29, 0.717) is 29.9 Å². The first-order valence-corrected chi connectivity index (χ1v) is 10.4. The van der Waals surface area contributed by atoms with Crippen LogP contribution in [0.3, 0.4) is 0 Å². The highest BCUT2D eigenvalue weighted by atomic mass is 16.5. The molecular formula is C23H27N3O7. The Morgan fingerprint density at radius 2 is 1.85 bits per heavy atom. The number of carbonyl (C=O) groups is 3. The summed E-state index contributed by atoms with van der Waals surface area (Å²) in [6.07, 6.45) is 1.74. The van der Waals surface area contributed by atoms with E-state index in [9.17, 15) is 14.4 Å². The third-order valence-electron chi connectivity index (χ3n) is 5.47. The van der Waals surface area contributed by atoms with Crippen LogP contribution in [0.4, 0.5) is 5.69 Å². The van der Waals surface area contributed by atoms with Crippen LogP contribution in [0.15, 0.2) is 23.2 Å². The third kappa shape index (κ3) is 5.46. The summed E-state index contributed by atoms with van der Waals surface area (Å²) in [5.41, 5.74) is 3.14. The second kappa shape index (κ2) is 10.9. The number of aryl methyl sites for hydroxylation is 1. The van der Waals surface area contributed by atoms with Gasteiger partial charge in [-0.3, -0.25) is 19.9 Å². The highest BCUT2D eigenvalue weighted by Gasteiger charge is 2.23. The first kappa shape index (κ1) is 24.1. The normalized spacial score (nSPS) is 13.5. The number of aliphatic imine (C=N–C) groups is 1. The van der Waals surface area contributed by atoms with Crippen molar-refractivity contribution in [3.05, 3.63) is 29.5 Å². The summed E-state index contributed by atoms with van der Waals surface area (Å²) >= 11 is 0. The van der Waals surface area contributed by atoms with E-state index in [2.05, 4.69) is 15.0 Å². The first-order valence-electron chi connectivity index (χ1n) is 10.4. The van der Waals surface area contributed by atoms with Gasteiger partial charge >= 0.3 is 17.9 Å². The number of methoxy groups -OCH3 is 4. The molecule has 0 fully saturated rings. The fourth-order valence-electron chi connectivity index (χ4n) is 3.66. The molecule has 10 nitrogen and oxygen atoms in total. The van der Waals surface area contributed by atoms with Gasteiger partial charge in [0.25, 0.3) is 0 Å². The number of ether oxygens (including phenoxy) is 4. The lowest BCUT2D eigenvalue weighted by Gasteiger charge is -2.20. The van der Waals surface area contributed by atoms with Crippen molar-refractivity contribution < 1.29 is 33.3 Å². The van der Waals surface area contributed by atoms with Gasteiger partial charge in [-0.05, 0) is 30.9 Å². The molecule has 10 heteroatoms. The Morgan fingerprint density at radius 3 is 2.52 bits per heavy atom. The van der Waals surface area contributed by atoms with Gasteiger partial charge in [-0.15, -0.1) is 0 Å². The minimum atomic E-state index is -0.671. The van der Waals surface area contributed by atoms with Crippen molar-refractivity contribution in [2.75, 3.05) is 35.0 Å². The van der Waals surface area contributed by atoms with Crippen LogP contribution in [0.1, 0.15) is 35.3 Å². The second-order valence-electron chi connectivity index (χ2n) is 7.42. The van der Waals surface area contributed by atoms with Crippen molar-refractivity contribution in [3.63, 3.8) is 0 Å². The molecule has 1 atom stereocenters. The largest absolute Gasteiger partial charge is 0.496 e. The second-order valence-corrected chi connectivity index (χ2v) is 7.42. The van der Waals surface area contributed by atoms with Crippen LogP contribution < -0.4 is 10.1 Å². The number of nitrogens with zero attached hydrogens (tertiary/aromatic N) is 2. The first-order chi connectivity index (χ1) is 15.9. The fourth-order valence-corrected chi connectivity index (χ4v) is 3.66. The molecule has 2 aromatic rings. The number of esters is 3. The zero-order valence-electron chi connectivity index (χ0n) is 19.1. The molecule has 33 heavy (non-hydrogen) atoms. The summed E-state index contributed by atoms with van der Waals surface area (Å²) < 4.78 is 19.8. The van der Waals surface area contributed by atoms with Crippen molar-refractivity contribution in [2.45, 2.75) is 31.7 Å². The van der Waals surface area contributed by atoms with Gasteiger partial charge < -0.3 is 18.9 Å². The molecule has 1 aliphatic heterocycles. The number of hydrogen-bond acceptors (Lipinski definition) is 10. The van der Waals surface area contributed by atoms with Gasteiger partial charge in [-0.25, -0.2) is 9.78 Å². The zero-order valence-corrected chi connectivity index (χ0v) is 19.1. The van der Waals surface area contributed by atoms with E-state index in [1.54, 1.807) is 0 Å². The maximum Gasteiger partial charge on any atom is 0.356 e. The molecule has 1 aliphatic rings. The average molecular weight is 457 g/mol. The number of benzene rings is 1. The van der Waals surface area contributed by atoms with Crippen molar-refractivity contribution in [1.29, 1.82) is 0 Å². The average Bonchev–Trinajstić information content (AvgIpc) is 2.86. The quantitative estimate of drug-likeness (QED) is 0.445. The molecule has 0 bridgehead atoms. The number of hydrogen-bond donors (Lipinski definition) is 1. The van der Waals surface area contributed by atoms with Crippen LogP contribution in [0.5, 0.6) is 5.75 Å². The van der Waals surface area contributed by atoms with Gasteiger partial charge in [0.15, 0.2) is 5.69 Å². The lowest BCUT2D eigenvalue weighted by atomic mass is 9.98. The maximum absolute atomic E-state index is 12.1. The Labute approximate surface area is 191 Å². The minimum Gasteiger partial charge on any atom is -0.496 e. The molecule has 1 aromatic heterocycles. The SMILES string of the molecule is COC(=O)CCC(NCC1=Nc2c(ccc3c(OC)cc(C(=O)OC)nc23)CC1)C(=O)OC. The number of rotatable bonds is 9. The Hall–Kier alpha value is -3.53. The smallest absolute Gasteiger partial charge is 0.356 e. The van der Waals surface area contributed by atoms with E-state index in [-0.39, 0.29) is 18.5 Å². The molecule has 0 aliphatic carbocycles. The van der Waals surface area contributed by atoms with Crippen LogP contribution in [-0.2, 0) is 30.2 Å². The molecule has 1 N–H and O–H groups in total. The van der Waals surface area contributed by atoms with Gasteiger partial charge in [0.2, 0.25) is 0 Å². The Balaban J connectivity index is 1.90. The van der Waals surface area contributed by atoms with Crippen LogP contribution in [0, 0.1) is 0 Å². The molecule has 3 rings (SSSR count). The fraction of sp³-hybridized carbons (Fsp3) is 0.435. The van der Waals surface area contributed by atoms with E-state index < -0.39 is 23.9 Å². The number of fused-ring (bicyclic) bond motifs is 3. The summed E-state index contributed by atoms with van der Waals surface area (Å²) in [6.45, 7) is 0.324. The highest BCUT2D eigenvalue weighted by molar-refractivity contribution is 6.02. The number of aromatic nitrogens is 1. The Kier molecular flexibility index (Phi) is 7.94. The summed E-state index contributed by atoms with van der Waals surface area (Å²) in [6, 6.07) is 4.74. The number of pyridine rings is 1. The van der Waals surface area contributed by atoms with Gasteiger partial charge in [0.05, 0.1) is 34.1 Å². The Morgan fingerprint density at radius 1 is 1.06 bits per heavy atom. The summed E-state index contributed by atoms with van der Waals surface area (Å²) in [7, 11) is 5.42. The molecule has 0 saturated heterocycles. The topological polar surface area (TPSA) is 125 Å².